The highest BCUT2D eigenvalue weighted by Crippen LogP contribution is 2.35. The maximum atomic E-state index is 4.58. The van der Waals surface area contributed by atoms with Crippen LogP contribution in [0.3, 0.4) is 0 Å². The van der Waals surface area contributed by atoms with Crippen molar-refractivity contribution >= 4 is 5.57 Å². The zero-order valence-corrected chi connectivity index (χ0v) is 15.2. The zero-order valence-electron chi connectivity index (χ0n) is 15.2. The van der Waals surface area contributed by atoms with Crippen LogP contribution in [0.2, 0.25) is 0 Å². The Morgan fingerprint density at radius 2 is 1.86 bits per heavy atom. The van der Waals surface area contributed by atoms with Gasteiger partial charge in [0.2, 0.25) is 0 Å². The Kier molecular flexibility index (Phi) is 5.78. The third-order valence-electron chi connectivity index (χ3n) is 4.59. The second kappa shape index (κ2) is 6.77. The van der Waals surface area contributed by atoms with Crippen molar-refractivity contribution in [3.05, 3.63) is 35.7 Å². The molecule has 0 aromatic carbocycles. The first-order chi connectivity index (χ1) is 9.57. The minimum Gasteiger partial charge on any atom is -0.257 e. The Bertz CT molecular complexity index is 491. The van der Waals surface area contributed by atoms with Gasteiger partial charge in [-0.15, -0.1) is 0 Å². The smallest absolute Gasteiger partial charge is 0.0658 e. The van der Waals surface area contributed by atoms with Crippen molar-refractivity contribution < 1.29 is 0 Å². The summed E-state index contributed by atoms with van der Waals surface area (Å²) in [5, 5.41) is 0. The first-order valence-electron chi connectivity index (χ1n) is 8.22. The maximum Gasteiger partial charge on any atom is 0.0658 e. The van der Waals surface area contributed by atoms with Gasteiger partial charge in [-0.2, -0.15) is 0 Å². The van der Waals surface area contributed by atoms with Crippen molar-refractivity contribution in [2.75, 3.05) is 0 Å². The highest BCUT2D eigenvalue weighted by Gasteiger charge is 2.24. The molecule has 0 saturated heterocycles. The van der Waals surface area contributed by atoms with Crippen molar-refractivity contribution in [3.8, 4) is 0 Å². The van der Waals surface area contributed by atoms with Crippen molar-refractivity contribution in [3.63, 3.8) is 0 Å². The molecule has 21 heavy (non-hydrogen) atoms. The van der Waals surface area contributed by atoms with Crippen LogP contribution in [0.25, 0.3) is 5.57 Å². The Labute approximate surface area is 131 Å². The molecule has 0 fully saturated rings. The van der Waals surface area contributed by atoms with Crippen LogP contribution in [0.4, 0.5) is 0 Å². The van der Waals surface area contributed by atoms with E-state index in [9.17, 15) is 0 Å². The normalized spacial score (nSPS) is 16.1. The average molecular weight is 287 g/mol. The molecule has 0 aliphatic heterocycles. The number of aromatic nitrogens is 1. The summed E-state index contributed by atoms with van der Waals surface area (Å²) < 4.78 is 0. The third-order valence-corrected chi connectivity index (χ3v) is 4.59. The largest absolute Gasteiger partial charge is 0.257 e. The Morgan fingerprint density at radius 3 is 2.33 bits per heavy atom. The van der Waals surface area contributed by atoms with Gasteiger partial charge < -0.3 is 0 Å². The zero-order chi connectivity index (χ0) is 16.3. The minimum atomic E-state index is 0.242. The van der Waals surface area contributed by atoms with Crippen molar-refractivity contribution in [2.24, 2.45) is 16.7 Å². The lowest BCUT2D eigenvalue weighted by Crippen LogP contribution is -2.20. The predicted molar refractivity (Wildman–Crippen MR) is 94.3 cm³/mol. The van der Waals surface area contributed by atoms with Gasteiger partial charge in [-0.05, 0) is 59.8 Å². The van der Waals surface area contributed by atoms with E-state index < -0.39 is 0 Å². The molecule has 1 rings (SSSR count). The quantitative estimate of drug-likeness (QED) is 0.633. The Morgan fingerprint density at radius 1 is 1.24 bits per heavy atom. The number of allylic oxidation sites excluding steroid dienone is 2. The summed E-state index contributed by atoms with van der Waals surface area (Å²) in [4.78, 5) is 4.58. The molecule has 0 aliphatic carbocycles. The lowest BCUT2D eigenvalue weighted by molar-refractivity contribution is 0.287. The standard InChI is InChI=1S/C20H33N/c1-9-20(8,15(2)3)13-16(4)18-12-17(10-11-21-18)14-19(5,6)7/h10-13,15H,9,14H2,1-8H3/b16-13+. The van der Waals surface area contributed by atoms with Gasteiger partial charge in [0.05, 0.1) is 5.69 Å². The minimum absolute atomic E-state index is 0.242. The SMILES string of the molecule is CCC(C)(/C=C(\C)c1cc(CC(C)(C)C)ccn1)C(C)C. The monoisotopic (exact) mass is 287 g/mol. The molecule has 0 spiro atoms. The van der Waals surface area contributed by atoms with Crippen molar-refractivity contribution in [1.82, 2.24) is 4.98 Å². The van der Waals surface area contributed by atoms with Crippen LogP contribution < -0.4 is 0 Å². The fourth-order valence-electron chi connectivity index (χ4n) is 2.66. The van der Waals surface area contributed by atoms with Crippen LogP contribution in [-0.4, -0.2) is 4.98 Å². The van der Waals surface area contributed by atoms with Crippen LogP contribution in [0, 0.1) is 16.7 Å². The van der Waals surface area contributed by atoms with Gasteiger partial charge in [0.25, 0.3) is 0 Å². The fraction of sp³-hybridized carbons (Fsp3) is 0.650. The van der Waals surface area contributed by atoms with Crippen LogP contribution in [0.15, 0.2) is 24.4 Å². The molecule has 1 nitrogen and oxygen atoms in total. The predicted octanol–water partition coefficient (Wildman–Crippen LogP) is 6.15. The van der Waals surface area contributed by atoms with E-state index >= 15 is 0 Å². The molecular weight excluding hydrogens is 254 g/mol. The highest BCUT2D eigenvalue weighted by atomic mass is 14.7. The Balaban J connectivity index is 3.08. The molecule has 0 amide bonds. The van der Waals surface area contributed by atoms with Crippen LogP contribution in [0.5, 0.6) is 0 Å². The van der Waals surface area contributed by atoms with E-state index in [2.05, 4.69) is 78.6 Å². The molecular formula is C20H33N. The number of pyridine rings is 1. The maximum absolute atomic E-state index is 4.58. The van der Waals surface area contributed by atoms with E-state index in [0.29, 0.717) is 11.3 Å². The summed E-state index contributed by atoms with van der Waals surface area (Å²) in [6, 6.07) is 4.40. The van der Waals surface area contributed by atoms with E-state index in [4.69, 9.17) is 0 Å². The molecule has 1 unspecified atom stereocenters. The van der Waals surface area contributed by atoms with Gasteiger partial charge >= 0.3 is 0 Å². The number of rotatable bonds is 5. The first kappa shape index (κ1) is 17.9. The summed E-state index contributed by atoms with van der Waals surface area (Å²) in [7, 11) is 0. The molecule has 118 valence electrons. The Hall–Kier alpha value is -1.11. The topological polar surface area (TPSA) is 12.9 Å². The molecule has 0 saturated carbocycles. The van der Waals surface area contributed by atoms with Crippen LogP contribution >= 0.6 is 0 Å². The average Bonchev–Trinajstić information content (AvgIpc) is 2.36. The molecule has 0 radical (unpaired) electrons. The molecule has 1 aromatic heterocycles. The molecule has 0 N–H and O–H groups in total. The number of nitrogens with zero attached hydrogens (tertiary/aromatic N) is 1. The summed E-state index contributed by atoms with van der Waals surface area (Å²) in [6.07, 6.45) is 6.61. The van der Waals surface area contributed by atoms with E-state index in [0.717, 1.165) is 18.5 Å². The van der Waals surface area contributed by atoms with Gasteiger partial charge in [0.15, 0.2) is 0 Å². The first-order valence-corrected chi connectivity index (χ1v) is 8.22. The van der Waals surface area contributed by atoms with Crippen molar-refractivity contribution in [1.29, 1.82) is 0 Å². The van der Waals surface area contributed by atoms with Gasteiger partial charge in [-0.25, -0.2) is 0 Å². The number of hydrogen-bond acceptors (Lipinski definition) is 1. The van der Waals surface area contributed by atoms with Gasteiger partial charge in [-0.3, -0.25) is 4.98 Å². The molecule has 1 heterocycles. The van der Waals surface area contributed by atoms with Gasteiger partial charge in [-0.1, -0.05) is 54.5 Å². The summed E-state index contributed by atoms with van der Waals surface area (Å²) in [6.45, 7) is 18.3. The van der Waals surface area contributed by atoms with Gasteiger partial charge in [0.1, 0.15) is 0 Å². The molecule has 1 heteroatoms. The van der Waals surface area contributed by atoms with Crippen LogP contribution in [0.1, 0.15) is 73.1 Å². The lowest BCUT2D eigenvalue weighted by Gasteiger charge is -2.30. The number of hydrogen-bond donors (Lipinski definition) is 0. The van der Waals surface area contributed by atoms with Gasteiger partial charge in [0, 0.05) is 6.20 Å². The second-order valence-corrected chi connectivity index (χ2v) is 8.13. The molecule has 1 aromatic rings. The summed E-state index contributed by atoms with van der Waals surface area (Å²) in [5.74, 6) is 0.634. The van der Waals surface area contributed by atoms with E-state index in [1.807, 2.05) is 6.20 Å². The fourth-order valence-corrected chi connectivity index (χ4v) is 2.66. The third kappa shape index (κ3) is 5.30. The highest BCUT2D eigenvalue weighted by molar-refractivity contribution is 5.61. The van der Waals surface area contributed by atoms with E-state index in [1.165, 1.54) is 11.1 Å². The van der Waals surface area contributed by atoms with Crippen molar-refractivity contribution in [2.45, 2.75) is 68.2 Å². The summed E-state index contributed by atoms with van der Waals surface area (Å²) >= 11 is 0. The van der Waals surface area contributed by atoms with E-state index in [-0.39, 0.29) is 5.41 Å². The second-order valence-electron chi connectivity index (χ2n) is 8.13. The summed E-state index contributed by atoms with van der Waals surface area (Å²) in [5.41, 5.74) is 4.35. The van der Waals surface area contributed by atoms with Crippen LogP contribution in [-0.2, 0) is 6.42 Å². The van der Waals surface area contributed by atoms with E-state index in [1.54, 1.807) is 0 Å². The lowest BCUT2D eigenvalue weighted by atomic mass is 9.75. The molecule has 0 bridgehead atoms. The molecule has 0 aliphatic rings. The molecule has 1 atom stereocenters.